The molecule has 0 aliphatic carbocycles. The fraction of sp³-hybridized carbons (Fsp3) is 0.118. The number of hydrogen-bond donors (Lipinski definition) is 0. The molecule has 0 spiro atoms. The summed E-state index contributed by atoms with van der Waals surface area (Å²) in [5.74, 6) is 1.20. The number of halogens is 1. The Bertz CT molecular complexity index is 933. The van der Waals surface area contributed by atoms with Crippen molar-refractivity contribution in [2.45, 2.75) is 13.8 Å². The van der Waals surface area contributed by atoms with Gasteiger partial charge in [-0.15, -0.1) is 11.3 Å². The van der Waals surface area contributed by atoms with Crippen LogP contribution in [0.2, 0.25) is 5.28 Å². The third-order valence-electron chi connectivity index (χ3n) is 3.28. The monoisotopic (exact) mass is 341 g/mol. The van der Waals surface area contributed by atoms with Gasteiger partial charge in [-0.25, -0.2) is 4.98 Å². The van der Waals surface area contributed by atoms with E-state index in [4.69, 9.17) is 21.6 Å². The Labute approximate surface area is 142 Å². The van der Waals surface area contributed by atoms with E-state index in [-0.39, 0.29) is 5.28 Å². The molecule has 1 aromatic carbocycles. The zero-order valence-electron chi connectivity index (χ0n) is 12.5. The summed E-state index contributed by atoms with van der Waals surface area (Å²) in [6.07, 6.45) is 3.22. The number of hydrogen-bond acceptors (Lipinski definition) is 5. The largest absolute Gasteiger partial charge is 0.437 e. The lowest BCUT2D eigenvalue weighted by Crippen LogP contribution is -1.95. The topological polar surface area (TPSA) is 58.8 Å². The summed E-state index contributed by atoms with van der Waals surface area (Å²) in [6, 6.07) is 7.80. The first kappa shape index (κ1) is 15.5. The highest BCUT2D eigenvalue weighted by molar-refractivity contribution is 7.17. The van der Waals surface area contributed by atoms with E-state index in [1.807, 2.05) is 43.5 Å². The maximum absolute atomic E-state index is 8.63. The van der Waals surface area contributed by atoms with Gasteiger partial charge in [0, 0.05) is 6.08 Å². The summed E-state index contributed by atoms with van der Waals surface area (Å²) in [4.78, 5) is 8.38. The fourth-order valence-corrected chi connectivity index (χ4v) is 3.27. The van der Waals surface area contributed by atoms with Gasteiger partial charge in [0.05, 0.1) is 11.6 Å². The van der Waals surface area contributed by atoms with Crippen molar-refractivity contribution in [1.82, 2.24) is 9.97 Å². The van der Waals surface area contributed by atoms with Crippen LogP contribution < -0.4 is 4.74 Å². The van der Waals surface area contributed by atoms with Gasteiger partial charge in [0.25, 0.3) is 0 Å². The molecule has 3 rings (SSSR count). The fourth-order valence-electron chi connectivity index (χ4n) is 2.35. The summed E-state index contributed by atoms with van der Waals surface area (Å²) in [5.41, 5.74) is 3.65. The molecule has 4 nitrogen and oxygen atoms in total. The smallest absolute Gasteiger partial charge is 0.241 e. The minimum absolute atomic E-state index is 0.162. The number of aryl methyl sites for hydroxylation is 2. The molecular formula is C17H12ClN3OS. The number of thiophene rings is 1. The Morgan fingerprint density at radius 1 is 1.26 bits per heavy atom. The molecule has 6 heteroatoms. The molecular weight excluding hydrogens is 330 g/mol. The number of allylic oxidation sites excluding steroid dienone is 1. The van der Waals surface area contributed by atoms with E-state index in [0.717, 1.165) is 32.7 Å². The molecule has 0 radical (unpaired) electrons. The van der Waals surface area contributed by atoms with Gasteiger partial charge in [0.1, 0.15) is 10.4 Å². The molecule has 0 atom stereocenters. The lowest BCUT2D eigenvalue weighted by molar-refractivity contribution is 0.462. The van der Waals surface area contributed by atoms with Crippen molar-refractivity contribution in [3.63, 3.8) is 0 Å². The van der Waals surface area contributed by atoms with Crippen LogP contribution in [0, 0.1) is 25.2 Å². The number of nitrogens with zero attached hydrogens (tertiary/aromatic N) is 3. The summed E-state index contributed by atoms with van der Waals surface area (Å²) < 4.78 is 6.90. The maximum atomic E-state index is 8.63. The number of aromatic nitrogens is 2. The number of benzene rings is 1. The van der Waals surface area contributed by atoms with Gasteiger partial charge in [-0.3, -0.25) is 0 Å². The molecule has 3 aromatic rings. The Kier molecular flexibility index (Phi) is 4.28. The van der Waals surface area contributed by atoms with E-state index in [0.29, 0.717) is 5.88 Å². The molecule has 2 heterocycles. The molecule has 2 aromatic heterocycles. The average molecular weight is 342 g/mol. The first-order valence-electron chi connectivity index (χ1n) is 6.84. The van der Waals surface area contributed by atoms with Crippen LogP contribution in [0.15, 0.2) is 29.7 Å². The molecule has 0 unspecified atom stereocenters. The first-order valence-corrected chi connectivity index (χ1v) is 8.10. The van der Waals surface area contributed by atoms with E-state index in [9.17, 15) is 0 Å². The van der Waals surface area contributed by atoms with Crippen molar-refractivity contribution < 1.29 is 4.74 Å². The van der Waals surface area contributed by atoms with Crippen molar-refractivity contribution in [2.24, 2.45) is 0 Å². The Morgan fingerprint density at radius 2 is 2.00 bits per heavy atom. The van der Waals surface area contributed by atoms with Crippen molar-refractivity contribution in [2.75, 3.05) is 0 Å². The van der Waals surface area contributed by atoms with E-state index in [2.05, 4.69) is 9.97 Å². The predicted molar refractivity (Wildman–Crippen MR) is 93.1 cm³/mol. The van der Waals surface area contributed by atoms with E-state index < -0.39 is 0 Å². The summed E-state index contributed by atoms with van der Waals surface area (Å²) in [7, 11) is 0. The summed E-state index contributed by atoms with van der Waals surface area (Å²) in [6.45, 7) is 3.92. The quantitative estimate of drug-likeness (QED) is 0.479. The zero-order chi connectivity index (χ0) is 16.4. The number of ether oxygens (including phenoxy) is 1. The first-order chi connectivity index (χ1) is 11.1. The van der Waals surface area contributed by atoms with Crippen molar-refractivity contribution in [3.05, 3.63) is 51.6 Å². The van der Waals surface area contributed by atoms with Gasteiger partial charge >= 0.3 is 0 Å². The van der Waals surface area contributed by atoms with Crippen LogP contribution in [0.3, 0.4) is 0 Å². The normalized spacial score (nSPS) is 11.0. The van der Waals surface area contributed by atoms with E-state index in [1.54, 1.807) is 6.08 Å². The van der Waals surface area contributed by atoms with Crippen LogP contribution in [0.25, 0.3) is 16.3 Å². The Balaban J connectivity index is 2.04. The highest BCUT2D eigenvalue weighted by Gasteiger charge is 2.13. The molecule has 0 bridgehead atoms. The zero-order valence-corrected chi connectivity index (χ0v) is 14.1. The number of rotatable bonds is 3. The van der Waals surface area contributed by atoms with E-state index in [1.165, 1.54) is 17.4 Å². The summed E-state index contributed by atoms with van der Waals surface area (Å²) >= 11 is 7.48. The molecule has 0 saturated carbocycles. The summed E-state index contributed by atoms with van der Waals surface area (Å²) in [5, 5.41) is 10.7. The van der Waals surface area contributed by atoms with Gasteiger partial charge < -0.3 is 4.74 Å². The molecule has 0 aliphatic rings. The van der Waals surface area contributed by atoms with Gasteiger partial charge in [0.2, 0.25) is 11.2 Å². The predicted octanol–water partition coefficient (Wildman–Crippen LogP) is 5.29. The SMILES string of the molecule is Cc1cc(/C=C/C#N)cc(C)c1Oc1nc(Cl)nc2ccsc12. The van der Waals surface area contributed by atoms with Crippen molar-refractivity contribution in [3.8, 4) is 17.7 Å². The lowest BCUT2D eigenvalue weighted by Gasteiger charge is -2.12. The molecule has 0 amide bonds. The van der Waals surface area contributed by atoms with Crippen molar-refractivity contribution in [1.29, 1.82) is 5.26 Å². The third kappa shape index (κ3) is 3.19. The van der Waals surface area contributed by atoms with Crippen LogP contribution in [0.1, 0.15) is 16.7 Å². The molecule has 0 fully saturated rings. The molecule has 0 aliphatic heterocycles. The second-order valence-electron chi connectivity index (χ2n) is 4.98. The van der Waals surface area contributed by atoms with Crippen LogP contribution in [0.4, 0.5) is 0 Å². The van der Waals surface area contributed by atoms with Gasteiger partial charge in [-0.05, 0) is 71.8 Å². The van der Waals surface area contributed by atoms with Crippen LogP contribution >= 0.6 is 22.9 Å². The Morgan fingerprint density at radius 3 is 2.70 bits per heavy atom. The van der Waals surface area contributed by atoms with Crippen LogP contribution in [0.5, 0.6) is 11.6 Å². The van der Waals surface area contributed by atoms with Gasteiger partial charge in [-0.1, -0.05) is 0 Å². The Hall–Kier alpha value is -2.42. The molecule has 114 valence electrons. The lowest BCUT2D eigenvalue weighted by atomic mass is 10.1. The highest BCUT2D eigenvalue weighted by Crippen LogP contribution is 2.35. The molecule has 0 saturated heterocycles. The van der Waals surface area contributed by atoms with Crippen molar-refractivity contribution >= 4 is 39.2 Å². The highest BCUT2D eigenvalue weighted by atomic mass is 35.5. The maximum Gasteiger partial charge on any atom is 0.241 e. The van der Waals surface area contributed by atoms with Crippen LogP contribution in [-0.4, -0.2) is 9.97 Å². The van der Waals surface area contributed by atoms with E-state index >= 15 is 0 Å². The minimum Gasteiger partial charge on any atom is -0.437 e. The second kappa shape index (κ2) is 6.37. The molecule has 0 N–H and O–H groups in total. The average Bonchev–Trinajstić information content (AvgIpc) is 2.96. The van der Waals surface area contributed by atoms with Gasteiger partial charge in [0.15, 0.2) is 0 Å². The standard InChI is InChI=1S/C17H12ClN3OS/c1-10-8-12(4-3-6-19)9-11(2)14(10)22-16-15-13(5-7-23-15)20-17(18)21-16/h3-5,7-9H,1-2H3/b4-3+. The second-order valence-corrected chi connectivity index (χ2v) is 6.24. The number of nitriles is 1. The van der Waals surface area contributed by atoms with Crippen LogP contribution in [-0.2, 0) is 0 Å². The minimum atomic E-state index is 0.162. The third-order valence-corrected chi connectivity index (χ3v) is 4.34. The molecule has 23 heavy (non-hydrogen) atoms. The number of fused-ring (bicyclic) bond motifs is 1. The van der Waals surface area contributed by atoms with Gasteiger partial charge in [-0.2, -0.15) is 10.2 Å².